The van der Waals surface area contributed by atoms with Crippen molar-refractivity contribution in [3.8, 4) is 0 Å². The molecule has 1 atom stereocenters. The Hall–Kier alpha value is -1.66. The van der Waals surface area contributed by atoms with E-state index in [4.69, 9.17) is 4.52 Å². The van der Waals surface area contributed by atoms with E-state index < -0.39 is 10.0 Å². The van der Waals surface area contributed by atoms with Crippen LogP contribution in [0.1, 0.15) is 62.2 Å². The third-order valence-electron chi connectivity index (χ3n) is 4.95. The normalized spacial score (nSPS) is 19.5. The van der Waals surface area contributed by atoms with Gasteiger partial charge in [0.25, 0.3) is 0 Å². The van der Waals surface area contributed by atoms with Crippen LogP contribution < -0.4 is 0 Å². The molecule has 25 heavy (non-hydrogen) atoms. The fraction of sp³-hybridized carbons (Fsp3) is 0.526. The summed E-state index contributed by atoms with van der Waals surface area (Å²) in [7, 11) is -3.55. The molecule has 2 aromatic rings. The van der Waals surface area contributed by atoms with E-state index in [2.05, 4.69) is 25.9 Å². The van der Waals surface area contributed by atoms with Crippen molar-refractivity contribution in [3.63, 3.8) is 0 Å². The highest BCUT2D eigenvalue weighted by Gasteiger charge is 2.38. The first kappa shape index (κ1) is 18.1. The second-order valence-corrected chi connectivity index (χ2v) is 9.68. The molecule has 1 aromatic heterocycles. The molecule has 0 radical (unpaired) electrons. The zero-order valence-corrected chi connectivity index (χ0v) is 16.4. The Morgan fingerprint density at radius 2 is 1.80 bits per heavy atom. The lowest BCUT2D eigenvalue weighted by Crippen LogP contribution is -2.31. The van der Waals surface area contributed by atoms with Crippen LogP contribution in [0.25, 0.3) is 0 Å². The number of nitrogens with zero attached hydrogens (tertiary/aromatic N) is 2. The van der Waals surface area contributed by atoms with Gasteiger partial charge in [-0.3, -0.25) is 0 Å². The number of sulfonamides is 1. The lowest BCUT2D eigenvalue weighted by Gasteiger charge is -2.25. The van der Waals surface area contributed by atoms with Crippen LogP contribution in [0, 0.1) is 13.8 Å². The Kier molecular flexibility index (Phi) is 4.54. The van der Waals surface area contributed by atoms with Crippen molar-refractivity contribution in [3.05, 3.63) is 46.8 Å². The number of aryl methyl sites for hydroxylation is 2. The summed E-state index contributed by atoms with van der Waals surface area (Å²) in [4.78, 5) is 0.346. The van der Waals surface area contributed by atoms with Crippen LogP contribution in [-0.4, -0.2) is 24.4 Å². The molecule has 136 valence electrons. The van der Waals surface area contributed by atoms with Gasteiger partial charge in [-0.15, -0.1) is 0 Å². The molecule has 2 heterocycles. The highest BCUT2D eigenvalue weighted by molar-refractivity contribution is 7.89. The quantitative estimate of drug-likeness (QED) is 0.824. The fourth-order valence-corrected chi connectivity index (χ4v) is 5.21. The molecule has 0 aliphatic carbocycles. The van der Waals surface area contributed by atoms with Crippen LogP contribution in [-0.2, 0) is 15.4 Å². The summed E-state index contributed by atoms with van der Waals surface area (Å²) in [6, 6.07) is 7.07. The van der Waals surface area contributed by atoms with Crippen LogP contribution >= 0.6 is 0 Å². The zero-order valence-electron chi connectivity index (χ0n) is 15.5. The van der Waals surface area contributed by atoms with Gasteiger partial charge in [-0.05, 0) is 49.8 Å². The van der Waals surface area contributed by atoms with Crippen LogP contribution in [0.3, 0.4) is 0 Å². The van der Waals surface area contributed by atoms with Crippen molar-refractivity contribution < 1.29 is 12.9 Å². The molecule has 0 amide bonds. The van der Waals surface area contributed by atoms with Crippen LogP contribution in [0.2, 0.25) is 0 Å². The Balaban J connectivity index is 1.96. The van der Waals surface area contributed by atoms with E-state index in [1.54, 1.807) is 16.4 Å². The number of rotatable bonds is 3. The van der Waals surface area contributed by atoms with E-state index in [0.717, 1.165) is 29.7 Å². The largest absolute Gasteiger partial charge is 0.361 e. The van der Waals surface area contributed by atoms with Gasteiger partial charge in [0.15, 0.2) is 0 Å². The van der Waals surface area contributed by atoms with Gasteiger partial charge >= 0.3 is 0 Å². The lowest BCUT2D eigenvalue weighted by molar-refractivity contribution is 0.376. The van der Waals surface area contributed by atoms with E-state index in [0.29, 0.717) is 17.2 Å². The van der Waals surface area contributed by atoms with Gasteiger partial charge in [0, 0.05) is 12.1 Å². The predicted octanol–water partition coefficient (Wildman–Crippen LogP) is 4.11. The number of hydrogen-bond donors (Lipinski definition) is 0. The van der Waals surface area contributed by atoms with Crippen molar-refractivity contribution in [1.29, 1.82) is 0 Å². The molecule has 6 heteroatoms. The second kappa shape index (κ2) is 6.25. The topological polar surface area (TPSA) is 63.4 Å². The summed E-state index contributed by atoms with van der Waals surface area (Å²) < 4.78 is 33.3. The van der Waals surface area contributed by atoms with Crippen LogP contribution in [0.4, 0.5) is 0 Å². The fourth-order valence-electron chi connectivity index (χ4n) is 3.54. The van der Waals surface area contributed by atoms with Gasteiger partial charge < -0.3 is 4.52 Å². The summed E-state index contributed by atoms with van der Waals surface area (Å²) in [6.07, 6.45) is 1.64. The highest BCUT2D eigenvalue weighted by Crippen LogP contribution is 2.39. The van der Waals surface area contributed by atoms with E-state index in [-0.39, 0.29) is 11.5 Å². The number of aromatic nitrogens is 1. The third-order valence-corrected chi connectivity index (χ3v) is 6.87. The van der Waals surface area contributed by atoms with Crippen LogP contribution in [0.15, 0.2) is 33.7 Å². The molecule has 5 nitrogen and oxygen atoms in total. The van der Waals surface area contributed by atoms with E-state index >= 15 is 0 Å². The van der Waals surface area contributed by atoms with Gasteiger partial charge in [0.1, 0.15) is 5.76 Å². The average molecular weight is 362 g/mol. The summed E-state index contributed by atoms with van der Waals surface area (Å²) in [5.74, 6) is 0.702. The summed E-state index contributed by atoms with van der Waals surface area (Å²) in [6.45, 7) is 10.6. The first-order valence-electron chi connectivity index (χ1n) is 8.67. The Morgan fingerprint density at radius 3 is 2.32 bits per heavy atom. The van der Waals surface area contributed by atoms with E-state index in [1.807, 2.05) is 26.0 Å². The summed E-state index contributed by atoms with van der Waals surface area (Å²) in [5, 5.41) is 3.99. The molecule has 1 aliphatic heterocycles. The zero-order chi connectivity index (χ0) is 18.4. The van der Waals surface area contributed by atoms with E-state index in [1.165, 1.54) is 0 Å². The van der Waals surface area contributed by atoms with Crippen molar-refractivity contribution in [1.82, 2.24) is 9.46 Å². The molecule has 0 saturated carbocycles. The van der Waals surface area contributed by atoms with Gasteiger partial charge in [0.05, 0.1) is 16.6 Å². The van der Waals surface area contributed by atoms with Crippen LogP contribution in [0.5, 0.6) is 0 Å². The molecular formula is C19H26N2O3S. The standard InChI is InChI=1S/C19H26N2O3S/c1-13-18(14(2)24-20-13)17-7-6-12-21(17)25(22,23)16-10-8-15(9-11-16)19(3,4)5/h8-11,17H,6-7,12H2,1-5H3. The minimum absolute atomic E-state index is 0.00480. The molecule has 1 aliphatic rings. The smallest absolute Gasteiger partial charge is 0.243 e. The first-order valence-corrected chi connectivity index (χ1v) is 10.1. The number of benzene rings is 1. The maximum Gasteiger partial charge on any atom is 0.243 e. The lowest BCUT2D eigenvalue weighted by atomic mass is 9.87. The first-order chi connectivity index (χ1) is 11.6. The van der Waals surface area contributed by atoms with Gasteiger partial charge in [0.2, 0.25) is 10.0 Å². The van der Waals surface area contributed by atoms with Gasteiger partial charge in [-0.2, -0.15) is 4.31 Å². The third kappa shape index (κ3) is 3.25. The maximum atomic E-state index is 13.2. The predicted molar refractivity (Wildman–Crippen MR) is 97.0 cm³/mol. The molecule has 1 saturated heterocycles. The maximum absolute atomic E-state index is 13.2. The summed E-state index contributed by atoms with van der Waals surface area (Å²) >= 11 is 0. The minimum Gasteiger partial charge on any atom is -0.361 e. The second-order valence-electron chi connectivity index (χ2n) is 7.79. The van der Waals surface area contributed by atoms with Crippen molar-refractivity contribution in [2.45, 2.75) is 63.8 Å². The molecule has 0 N–H and O–H groups in total. The molecule has 1 unspecified atom stereocenters. The average Bonchev–Trinajstić information content (AvgIpc) is 3.13. The SMILES string of the molecule is Cc1noc(C)c1C1CCCN1S(=O)(=O)c1ccc(C(C)(C)C)cc1. The van der Waals surface area contributed by atoms with Crippen molar-refractivity contribution >= 4 is 10.0 Å². The Labute approximate surface area is 150 Å². The Bertz CT molecular complexity index is 842. The number of hydrogen-bond acceptors (Lipinski definition) is 4. The molecule has 3 rings (SSSR count). The molecular weight excluding hydrogens is 336 g/mol. The monoisotopic (exact) mass is 362 g/mol. The minimum atomic E-state index is -3.55. The van der Waals surface area contributed by atoms with Crippen molar-refractivity contribution in [2.75, 3.05) is 6.54 Å². The molecule has 1 aromatic carbocycles. The molecule has 0 bridgehead atoms. The molecule has 0 spiro atoms. The van der Waals surface area contributed by atoms with E-state index in [9.17, 15) is 8.42 Å². The van der Waals surface area contributed by atoms with Gasteiger partial charge in [-0.1, -0.05) is 38.1 Å². The Morgan fingerprint density at radius 1 is 1.16 bits per heavy atom. The highest BCUT2D eigenvalue weighted by atomic mass is 32.2. The van der Waals surface area contributed by atoms with Crippen molar-refractivity contribution in [2.24, 2.45) is 0 Å². The summed E-state index contributed by atoms with van der Waals surface area (Å²) in [5.41, 5.74) is 2.80. The van der Waals surface area contributed by atoms with Gasteiger partial charge in [-0.25, -0.2) is 8.42 Å². The molecule has 1 fully saturated rings.